The zero-order valence-corrected chi connectivity index (χ0v) is 22.3. The SMILES string of the molecule is CC(=O)O[C@@H]1C=C2[C@H]([N+](=O)[O-])C[C@H]3[C@@H]4CC[C@H]([C@H](C)CCCC(C)C)[C@@]4(C)CC[C@@H]3[C@@]2(C)CC1. The molecule has 0 aliphatic heterocycles. The summed E-state index contributed by atoms with van der Waals surface area (Å²) in [5.74, 6) is 3.53. The number of ether oxygens (including phenoxy) is 1. The van der Waals surface area contributed by atoms with Crippen molar-refractivity contribution in [3.05, 3.63) is 21.8 Å². The number of rotatable bonds is 7. The maximum absolute atomic E-state index is 12.3. The van der Waals surface area contributed by atoms with E-state index in [0.717, 1.165) is 36.2 Å². The van der Waals surface area contributed by atoms with Gasteiger partial charge >= 0.3 is 5.97 Å². The third-order valence-electron chi connectivity index (χ3n) is 10.9. The maximum Gasteiger partial charge on any atom is 0.303 e. The van der Waals surface area contributed by atoms with Crippen LogP contribution in [0.5, 0.6) is 0 Å². The predicted octanol–water partition coefficient (Wildman–Crippen LogP) is 7.21. The van der Waals surface area contributed by atoms with E-state index in [1.165, 1.54) is 51.9 Å². The average molecular weight is 474 g/mol. The second-order valence-corrected chi connectivity index (χ2v) is 13.2. The highest BCUT2D eigenvalue weighted by Gasteiger charge is 2.63. The van der Waals surface area contributed by atoms with Crippen molar-refractivity contribution in [1.82, 2.24) is 0 Å². The van der Waals surface area contributed by atoms with E-state index >= 15 is 0 Å². The lowest BCUT2D eigenvalue weighted by atomic mass is 9.45. The van der Waals surface area contributed by atoms with Gasteiger partial charge in [0.1, 0.15) is 6.10 Å². The highest BCUT2D eigenvalue weighted by molar-refractivity contribution is 5.66. The molecule has 0 saturated heterocycles. The molecule has 192 valence electrons. The standard InChI is InChI=1S/C29H47NO4/c1-18(2)8-7-9-19(3)23-10-11-24-22-17-27(30(32)33)26-16-21(34-20(4)31)12-14-29(26,6)25(22)13-15-28(23,24)5/h16,18-19,21-25,27H,7-15,17H2,1-6H3/t19-,21+,22+,23-,24+,25+,27-,28-,29-/m1/s1. The van der Waals surface area contributed by atoms with E-state index in [0.29, 0.717) is 29.6 Å². The molecular formula is C29H47NO4. The van der Waals surface area contributed by atoms with Crippen molar-refractivity contribution in [1.29, 1.82) is 0 Å². The van der Waals surface area contributed by atoms with Gasteiger partial charge < -0.3 is 4.74 Å². The van der Waals surface area contributed by atoms with Crippen molar-refractivity contribution >= 4 is 5.97 Å². The summed E-state index contributed by atoms with van der Waals surface area (Å²) in [6.45, 7) is 13.4. The van der Waals surface area contributed by atoms with E-state index in [2.05, 4.69) is 34.6 Å². The van der Waals surface area contributed by atoms with E-state index in [4.69, 9.17) is 4.74 Å². The number of hydrogen-bond acceptors (Lipinski definition) is 4. The van der Waals surface area contributed by atoms with Crippen LogP contribution < -0.4 is 0 Å². The summed E-state index contributed by atoms with van der Waals surface area (Å²) in [6, 6.07) is -0.630. The molecule has 3 saturated carbocycles. The Labute approximate surface area is 206 Å². The fourth-order valence-corrected chi connectivity index (χ4v) is 9.27. The molecule has 5 nitrogen and oxygen atoms in total. The lowest BCUT2D eigenvalue weighted by Crippen LogP contribution is -2.55. The minimum Gasteiger partial charge on any atom is -0.458 e. The summed E-state index contributed by atoms with van der Waals surface area (Å²) < 4.78 is 5.48. The van der Waals surface area contributed by atoms with Crippen molar-refractivity contribution in [3.8, 4) is 0 Å². The maximum atomic E-state index is 12.3. The molecule has 9 atom stereocenters. The first-order chi connectivity index (χ1) is 16.0. The van der Waals surface area contributed by atoms with Crippen LogP contribution in [0.2, 0.25) is 0 Å². The Morgan fingerprint density at radius 2 is 1.85 bits per heavy atom. The largest absolute Gasteiger partial charge is 0.458 e. The van der Waals surface area contributed by atoms with Crippen molar-refractivity contribution in [2.75, 3.05) is 0 Å². The second-order valence-electron chi connectivity index (χ2n) is 13.2. The molecule has 0 aromatic heterocycles. The van der Waals surface area contributed by atoms with Gasteiger partial charge in [0.2, 0.25) is 6.04 Å². The molecule has 5 heteroatoms. The number of fused-ring (bicyclic) bond motifs is 5. The smallest absolute Gasteiger partial charge is 0.303 e. The summed E-state index contributed by atoms with van der Waals surface area (Å²) in [5, 5.41) is 12.3. The Hall–Kier alpha value is -1.39. The van der Waals surface area contributed by atoms with Crippen LogP contribution in [0.15, 0.2) is 11.6 Å². The van der Waals surface area contributed by atoms with Crippen LogP contribution in [0.25, 0.3) is 0 Å². The molecule has 4 aliphatic rings. The molecule has 0 unspecified atom stereocenters. The molecule has 4 aliphatic carbocycles. The van der Waals surface area contributed by atoms with E-state index in [9.17, 15) is 14.9 Å². The molecule has 0 radical (unpaired) electrons. The van der Waals surface area contributed by atoms with Crippen LogP contribution in [0.3, 0.4) is 0 Å². The highest BCUT2D eigenvalue weighted by Crippen LogP contribution is 2.68. The van der Waals surface area contributed by atoms with Crippen LogP contribution in [0.4, 0.5) is 0 Å². The Bertz CT molecular complexity index is 821. The van der Waals surface area contributed by atoms with Gasteiger partial charge in [0.25, 0.3) is 0 Å². The molecule has 0 bridgehead atoms. The van der Waals surface area contributed by atoms with Crippen LogP contribution >= 0.6 is 0 Å². The molecule has 0 amide bonds. The molecule has 0 spiro atoms. The van der Waals surface area contributed by atoms with E-state index < -0.39 is 6.04 Å². The first-order valence-corrected chi connectivity index (χ1v) is 14.0. The van der Waals surface area contributed by atoms with Crippen LogP contribution in [0, 0.1) is 56.5 Å². The van der Waals surface area contributed by atoms with Crippen molar-refractivity contribution in [3.63, 3.8) is 0 Å². The Morgan fingerprint density at radius 3 is 2.50 bits per heavy atom. The minimum atomic E-state index is -0.630. The summed E-state index contributed by atoms with van der Waals surface area (Å²) in [4.78, 5) is 23.8. The van der Waals surface area contributed by atoms with Gasteiger partial charge in [-0.2, -0.15) is 0 Å². The van der Waals surface area contributed by atoms with Gasteiger partial charge in [0.15, 0.2) is 0 Å². The first kappa shape index (κ1) is 25.7. The third kappa shape index (κ3) is 4.46. The monoisotopic (exact) mass is 473 g/mol. The first-order valence-electron chi connectivity index (χ1n) is 14.0. The average Bonchev–Trinajstić information content (AvgIpc) is 3.10. The Morgan fingerprint density at radius 1 is 1.12 bits per heavy atom. The summed E-state index contributed by atoms with van der Waals surface area (Å²) in [6.07, 6.45) is 12.9. The highest BCUT2D eigenvalue weighted by atomic mass is 16.6. The number of hydrogen-bond donors (Lipinski definition) is 0. The van der Waals surface area contributed by atoms with Crippen molar-refractivity contribution in [2.24, 2.45) is 46.3 Å². The second kappa shape index (κ2) is 9.58. The zero-order chi connectivity index (χ0) is 24.8. The number of carbonyl (C=O) groups excluding carboxylic acids is 1. The van der Waals surface area contributed by atoms with E-state index in [1.807, 2.05) is 6.08 Å². The fourth-order valence-electron chi connectivity index (χ4n) is 9.27. The molecule has 0 heterocycles. The lowest BCUT2D eigenvalue weighted by Gasteiger charge is -2.59. The Balaban J connectivity index is 1.57. The van der Waals surface area contributed by atoms with Crippen LogP contribution in [-0.4, -0.2) is 23.0 Å². The third-order valence-corrected chi connectivity index (χ3v) is 10.9. The van der Waals surface area contributed by atoms with Gasteiger partial charge in [-0.05, 0) is 90.9 Å². The number of nitro groups is 1. The van der Waals surface area contributed by atoms with Gasteiger partial charge in [-0.15, -0.1) is 0 Å². The molecule has 0 N–H and O–H groups in total. The van der Waals surface area contributed by atoms with Crippen LogP contribution in [0.1, 0.15) is 106 Å². The normalized spacial score (nSPS) is 42.3. The lowest BCUT2D eigenvalue weighted by molar-refractivity contribution is -0.521. The number of nitrogens with zero attached hydrogens (tertiary/aromatic N) is 1. The summed E-state index contributed by atoms with van der Waals surface area (Å²) in [7, 11) is 0. The Kier molecular flexibility index (Phi) is 7.24. The molecule has 0 aromatic rings. The molecule has 34 heavy (non-hydrogen) atoms. The van der Waals surface area contributed by atoms with Crippen LogP contribution in [-0.2, 0) is 9.53 Å². The molecule has 4 rings (SSSR count). The number of esters is 1. The van der Waals surface area contributed by atoms with E-state index in [-0.39, 0.29) is 22.4 Å². The topological polar surface area (TPSA) is 69.4 Å². The van der Waals surface area contributed by atoms with Gasteiger partial charge in [-0.25, -0.2) is 0 Å². The molecular weight excluding hydrogens is 426 g/mol. The van der Waals surface area contributed by atoms with Gasteiger partial charge in [0, 0.05) is 23.8 Å². The molecule has 3 fully saturated rings. The quantitative estimate of drug-likeness (QED) is 0.169. The predicted molar refractivity (Wildman–Crippen MR) is 135 cm³/mol. The van der Waals surface area contributed by atoms with Gasteiger partial charge in [-0.1, -0.05) is 53.9 Å². The molecule has 0 aromatic carbocycles. The fraction of sp³-hybridized carbons (Fsp3) is 0.897. The van der Waals surface area contributed by atoms with Crippen molar-refractivity contribution < 1.29 is 14.5 Å². The van der Waals surface area contributed by atoms with E-state index in [1.54, 1.807) is 0 Å². The summed E-state index contributed by atoms with van der Waals surface area (Å²) >= 11 is 0. The summed E-state index contributed by atoms with van der Waals surface area (Å²) in [5.41, 5.74) is 1.14. The van der Waals surface area contributed by atoms with Crippen molar-refractivity contribution in [2.45, 2.75) is 118 Å². The van der Waals surface area contributed by atoms with Gasteiger partial charge in [-0.3, -0.25) is 14.9 Å². The number of carbonyl (C=O) groups is 1. The zero-order valence-electron chi connectivity index (χ0n) is 22.3. The minimum absolute atomic E-state index is 0.0383. The van der Waals surface area contributed by atoms with Gasteiger partial charge in [0.05, 0.1) is 0 Å².